The van der Waals surface area contributed by atoms with Gasteiger partial charge >= 0.3 is 0 Å². The maximum absolute atomic E-state index is 12.2. The quantitative estimate of drug-likeness (QED) is 0.743. The minimum atomic E-state index is -0.115. The van der Waals surface area contributed by atoms with Crippen molar-refractivity contribution in [3.8, 4) is 0 Å². The first-order valence-electron chi connectivity index (χ1n) is 7.56. The van der Waals surface area contributed by atoms with Gasteiger partial charge in [-0.3, -0.25) is 4.79 Å². The Morgan fingerprint density at radius 2 is 2.32 bits per heavy atom. The largest absolute Gasteiger partial charge is 0.378 e. The van der Waals surface area contributed by atoms with E-state index < -0.39 is 0 Å². The fraction of sp³-hybridized carbons (Fsp3) is 0.733. The Morgan fingerprint density at radius 3 is 2.86 bits per heavy atom. The average molecular weight is 348 g/mol. The molecule has 1 aliphatic carbocycles. The van der Waals surface area contributed by atoms with Crippen LogP contribution in [-0.2, 0) is 11.3 Å². The fourth-order valence-corrected chi connectivity index (χ4v) is 3.18. The van der Waals surface area contributed by atoms with Crippen molar-refractivity contribution in [3.63, 3.8) is 0 Å². The summed E-state index contributed by atoms with van der Waals surface area (Å²) in [4.78, 5) is 16.4. The second-order valence-corrected chi connectivity index (χ2v) is 7.07. The van der Waals surface area contributed by atoms with Crippen LogP contribution in [0, 0.1) is 5.41 Å². The Kier molecular flexibility index (Phi) is 7.25. The maximum Gasteiger partial charge on any atom is 0.270 e. The average Bonchev–Trinajstić information content (AvgIpc) is 2.94. The van der Waals surface area contributed by atoms with Crippen LogP contribution in [-0.4, -0.2) is 29.6 Å². The van der Waals surface area contributed by atoms with Crippen molar-refractivity contribution in [2.75, 3.05) is 6.61 Å². The van der Waals surface area contributed by atoms with E-state index in [4.69, 9.17) is 10.5 Å². The number of hydrogen-bond acceptors (Lipinski definition) is 5. The zero-order chi connectivity index (χ0) is 15.5. The molecule has 2 rings (SSSR count). The molecule has 1 aromatic rings. The molecule has 0 aliphatic heterocycles. The molecule has 2 unspecified atom stereocenters. The smallest absolute Gasteiger partial charge is 0.270 e. The second-order valence-electron chi connectivity index (χ2n) is 6.13. The number of rotatable bonds is 7. The van der Waals surface area contributed by atoms with Gasteiger partial charge in [0, 0.05) is 30.0 Å². The molecule has 0 bridgehead atoms. The molecule has 1 aliphatic rings. The summed E-state index contributed by atoms with van der Waals surface area (Å²) in [6, 6.07) is 0.139. The fourth-order valence-electron chi connectivity index (χ4n) is 2.52. The van der Waals surface area contributed by atoms with Gasteiger partial charge < -0.3 is 15.8 Å². The van der Waals surface area contributed by atoms with Crippen molar-refractivity contribution in [1.82, 2.24) is 10.3 Å². The maximum atomic E-state index is 12.2. The number of carbonyl (C=O) groups excluding carboxylic acids is 1. The molecule has 22 heavy (non-hydrogen) atoms. The summed E-state index contributed by atoms with van der Waals surface area (Å²) in [6.07, 6.45) is 3.32. The molecule has 0 spiro atoms. The minimum Gasteiger partial charge on any atom is -0.378 e. The van der Waals surface area contributed by atoms with Crippen molar-refractivity contribution >= 4 is 29.7 Å². The standard InChI is InChI=1S/C15H25N3O2S.ClH/c1-4-5-6-20-12-7-11(15(12,2)3)18-14(19)10-9-21-13(8-16)17-10;/h9,11-12H,4-8,16H2,1-3H3,(H,18,19);1H. The highest BCUT2D eigenvalue weighted by Gasteiger charge is 2.49. The van der Waals surface area contributed by atoms with Gasteiger partial charge in [-0.2, -0.15) is 0 Å². The van der Waals surface area contributed by atoms with Gasteiger partial charge in [-0.25, -0.2) is 4.98 Å². The lowest BCUT2D eigenvalue weighted by Gasteiger charge is -2.51. The Morgan fingerprint density at radius 1 is 1.59 bits per heavy atom. The van der Waals surface area contributed by atoms with Crippen LogP contribution in [0.1, 0.15) is 55.5 Å². The van der Waals surface area contributed by atoms with E-state index in [2.05, 4.69) is 31.1 Å². The van der Waals surface area contributed by atoms with Crippen molar-refractivity contribution in [1.29, 1.82) is 0 Å². The molecular weight excluding hydrogens is 322 g/mol. The highest BCUT2D eigenvalue weighted by molar-refractivity contribution is 7.09. The molecule has 1 aromatic heterocycles. The van der Waals surface area contributed by atoms with E-state index in [1.54, 1.807) is 5.38 Å². The molecule has 3 N–H and O–H groups in total. The summed E-state index contributed by atoms with van der Waals surface area (Å²) in [5, 5.41) is 5.61. The molecule has 0 aromatic carbocycles. The van der Waals surface area contributed by atoms with Crippen molar-refractivity contribution in [3.05, 3.63) is 16.1 Å². The van der Waals surface area contributed by atoms with Gasteiger partial charge in [0.2, 0.25) is 0 Å². The zero-order valence-corrected chi connectivity index (χ0v) is 15.1. The number of hydrogen-bond donors (Lipinski definition) is 2. The SMILES string of the molecule is CCCCOC1CC(NC(=O)c2csc(CN)n2)C1(C)C.Cl. The lowest BCUT2D eigenvalue weighted by atomic mass is 9.64. The van der Waals surface area contributed by atoms with E-state index in [-0.39, 0.29) is 35.9 Å². The first kappa shape index (κ1) is 19.4. The van der Waals surface area contributed by atoms with Gasteiger partial charge in [0.05, 0.1) is 6.10 Å². The number of carbonyl (C=O) groups is 1. The summed E-state index contributed by atoms with van der Waals surface area (Å²) in [6.45, 7) is 7.62. The number of unbranched alkanes of at least 4 members (excludes halogenated alkanes) is 1. The summed E-state index contributed by atoms with van der Waals surface area (Å²) < 4.78 is 5.89. The zero-order valence-electron chi connectivity index (χ0n) is 13.4. The third-order valence-corrected chi connectivity index (χ3v) is 5.13. The molecule has 0 saturated heterocycles. The molecule has 7 heteroatoms. The Labute approximate surface area is 142 Å². The Balaban J connectivity index is 0.00000242. The van der Waals surface area contributed by atoms with E-state index in [0.29, 0.717) is 12.2 Å². The van der Waals surface area contributed by atoms with E-state index in [1.807, 2.05) is 0 Å². The van der Waals surface area contributed by atoms with Gasteiger partial charge in [0.25, 0.3) is 5.91 Å². The van der Waals surface area contributed by atoms with Gasteiger partial charge in [0.1, 0.15) is 10.7 Å². The highest BCUT2D eigenvalue weighted by atomic mass is 35.5. The lowest BCUT2D eigenvalue weighted by molar-refractivity contribution is -0.115. The van der Waals surface area contributed by atoms with Gasteiger partial charge in [-0.1, -0.05) is 27.2 Å². The molecule has 1 heterocycles. The van der Waals surface area contributed by atoms with Gasteiger partial charge in [-0.05, 0) is 12.8 Å². The summed E-state index contributed by atoms with van der Waals surface area (Å²) in [7, 11) is 0. The van der Waals surface area contributed by atoms with Crippen molar-refractivity contribution < 1.29 is 9.53 Å². The molecule has 1 fully saturated rings. The molecular formula is C15H26ClN3O2S. The number of halogens is 1. The normalized spacial score (nSPS) is 22.5. The highest BCUT2D eigenvalue weighted by Crippen LogP contribution is 2.42. The number of amides is 1. The third kappa shape index (κ3) is 4.19. The molecule has 5 nitrogen and oxygen atoms in total. The summed E-state index contributed by atoms with van der Waals surface area (Å²) in [5.74, 6) is -0.115. The first-order valence-corrected chi connectivity index (χ1v) is 8.44. The number of ether oxygens (including phenoxy) is 1. The van der Waals surface area contributed by atoms with Crippen LogP contribution in [0.3, 0.4) is 0 Å². The second kappa shape index (κ2) is 8.24. The molecule has 2 atom stereocenters. The van der Waals surface area contributed by atoms with Gasteiger partial charge in [0.15, 0.2) is 0 Å². The number of aromatic nitrogens is 1. The lowest BCUT2D eigenvalue weighted by Crippen LogP contribution is -2.62. The molecule has 0 radical (unpaired) electrons. The van der Waals surface area contributed by atoms with Crippen LogP contribution in [0.2, 0.25) is 0 Å². The van der Waals surface area contributed by atoms with E-state index in [1.165, 1.54) is 11.3 Å². The predicted molar refractivity (Wildman–Crippen MR) is 91.6 cm³/mol. The van der Waals surface area contributed by atoms with E-state index >= 15 is 0 Å². The summed E-state index contributed by atoms with van der Waals surface area (Å²) >= 11 is 1.42. The number of nitrogens with two attached hydrogens (primary N) is 1. The molecule has 126 valence electrons. The van der Waals surface area contributed by atoms with E-state index in [0.717, 1.165) is 30.9 Å². The van der Waals surface area contributed by atoms with Crippen LogP contribution < -0.4 is 11.1 Å². The number of nitrogens with zero attached hydrogens (tertiary/aromatic N) is 1. The van der Waals surface area contributed by atoms with Crippen molar-refractivity contribution in [2.24, 2.45) is 11.1 Å². The predicted octanol–water partition coefficient (Wildman–Crippen LogP) is 2.74. The summed E-state index contributed by atoms with van der Waals surface area (Å²) in [5.41, 5.74) is 5.95. The topological polar surface area (TPSA) is 77.2 Å². The van der Waals surface area contributed by atoms with Gasteiger partial charge in [-0.15, -0.1) is 23.7 Å². The van der Waals surface area contributed by atoms with Crippen LogP contribution in [0.15, 0.2) is 5.38 Å². The van der Waals surface area contributed by atoms with Crippen LogP contribution in [0.4, 0.5) is 0 Å². The Bertz CT molecular complexity index is 493. The number of thiazole rings is 1. The third-order valence-electron chi connectivity index (χ3n) is 4.26. The first-order chi connectivity index (χ1) is 9.98. The monoisotopic (exact) mass is 347 g/mol. The minimum absolute atomic E-state index is 0. The molecule has 1 saturated carbocycles. The molecule has 1 amide bonds. The van der Waals surface area contributed by atoms with Crippen LogP contribution in [0.5, 0.6) is 0 Å². The van der Waals surface area contributed by atoms with E-state index in [9.17, 15) is 4.79 Å². The Hall–Kier alpha value is -0.690. The number of nitrogens with one attached hydrogen (secondary N) is 1. The van der Waals surface area contributed by atoms with Crippen LogP contribution >= 0.6 is 23.7 Å². The van der Waals surface area contributed by atoms with Crippen LogP contribution in [0.25, 0.3) is 0 Å². The van der Waals surface area contributed by atoms with Crippen molar-refractivity contribution in [2.45, 2.75) is 58.7 Å².